The van der Waals surface area contributed by atoms with Crippen molar-refractivity contribution in [1.29, 1.82) is 0 Å². The Kier molecular flexibility index (Phi) is 6.07. The van der Waals surface area contributed by atoms with Crippen molar-refractivity contribution in [3.05, 3.63) is 65.2 Å². The molecule has 0 saturated carbocycles. The fourth-order valence-corrected chi connectivity index (χ4v) is 3.27. The van der Waals surface area contributed by atoms with Crippen molar-refractivity contribution >= 4 is 5.91 Å². The first-order valence-corrected chi connectivity index (χ1v) is 8.96. The number of hydrogen-bond acceptors (Lipinski definition) is 3. The summed E-state index contributed by atoms with van der Waals surface area (Å²) < 4.78 is 6.04. The van der Waals surface area contributed by atoms with Gasteiger partial charge in [0.1, 0.15) is 5.75 Å². The van der Waals surface area contributed by atoms with E-state index in [0.29, 0.717) is 19.6 Å². The molecule has 0 bridgehead atoms. The topological polar surface area (TPSA) is 58.6 Å². The van der Waals surface area contributed by atoms with Gasteiger partial charge in [-0.15, -0.1) is 0 Å². The van der Waals surface area contributed by atoms with Crippen molar-refractivity contribution < 1.29 is 14.6 Å². The van der Waals surface area contributed by atoms with Crippen LogP contribution in [0, 0.1) is 0 Å². The highest BCUT2D eigenvalue weighted by atomic mass is 16.5. The van der Waals surface area contributed by atoms with Gasteiger partial charge >= 0.3 is 0 Å². The Hall–Kier alpha value is -2.33. The summed E-state index contributed by atoms with van der Waals surface area (Å²) in [5, 5.41) is 12.2. The van der Waals surface area contributed by atoms with Crippen molar-refractivity contribution in [3.8, 4) is 5.75 Å². The monoisotopic (exact) mass is 339 g/mol. The fraction of sp³-hybridized carbons (Fsp3) is 0.381. The van der Waals surface area contributed by atoms with Crippen LogP contribution in [0.15, 0.2) is 48.5 Å². The molecule has 132 valence electrons. The number of nitrogens with one attached hydrogen (secondary N) is 1. The van der Waals surface area contributed by atoms with E-state index >= 15 is 0 Å². The molecule has 0 heterocycles. The Bertz CT molecular complexity index is 697. The molecule has 0 aromatic heterocycles. The molecule has 0 fully saturated rings. The highest BCUT2D eigenvalue weighted by Crippen LogP contribution is 2.32. The number of aryl methyl sites for hydroxylation is 1. The molecule has 0 saturated heterocycles. The molecular weight excluding hydrogens is 314 g/mol. The number of phenolic OH excluding ortho intramolecular Hbond substituents is 1. The number of carbonyl (C=O) groups is 1. The lowest BCUT2D eigenvalue weighted by atomic mass is 9.89. The summed E-state index contributed by atoms with van der Waals surface area (Å²) in [5.41, 5.74) is 3.62. The molecule has 25 heavy (non-hydrogen) atoms. The number of phenols is 1. The Labute approximate surface area is 148 Å². The molecule has 2 aromatic carbocycles. The molecular formula is C21H25NO3. The lowest BCUT2D eigenvalue weighted by Gasteiger charge is -2.25. The van der Waals surface area contributed by atoms with Crippen LogP contribution in [0.4, 0.5) is 0 Å². The van der Waals surface area contributed by atoms with Crippen LogP contribution in [0.5, 0.6) is 5.75 Å². The number of ether oxygens (including phenoxy) is 1. The van der Waals surface area contributed by atoms with Gasteiger partial charge < -0.3 is 15.2 Å². The summed E-state index contributed by atoms with van der Waals surface area (Å²) in [6, 6.07) is 15.2. The average molecular weight is 339 g/mol. The summed E-state index contributed by atoms with van der Waals surface area (Å²) in [4.78, 5) is 11.9. The van der Waals surface area contributed by atoms with Crippen LogP contribution in [0.2, 0.25) is 0 Å². The maximum absolute atomic E-state index is 11.9. The first-order chi connectivity index (χ1) is 12.2. The predicted molar refractivity (Wildman–Crippen MR) is 97.5 cm³/mol. The van der Waals surface area contributed by atoms with Crippen molar-refractivity contribution in [2.75, 3.05) is 13.2 Å². The van der Waals surface area contributed by atoms with Crippen LogP contribution in [0.1, 0.15) is 42.1 Å². The first-order valence-electron chi connectivity index (χ1n) is 8.96. The number of benzene rings is 2. The second-order valence-electron chi connectivity index (χ2n) is 6.50. The number of carbonyl (C=O) groups excluding carboxylic acids is 1. The van der Waals surface area contributed by atoms with Crippen LogP contribution in [-0.2, 0) is 22.4 Å². The molecule has 2 aromatic rings. The number of aromatic hydroxyl groups is 1. The number of hydrogen-bond donors (Lipinski definition) is 2. The Balaban J connectivity index is 1.35. The third-order valence-corrected chi connectivity index (χ3v) is 4.58. The van der Waals surface area contributed by atoms with Crippen molar-refractivity contribution in [3.63, 3.8) is 0 Å². The molecule has 3 rings (SSSR count). The maximum atomic E-state index is 11.9. The van der Waals surface area contributed by atoms with E-state index < -0.39 is 0 Å². The highest BCUT2D eigenvalue weighted by molar-refractivity contribution is 5.78. The molecule has 1 aliphatic rings. The minimum atomic E-state index is -0.00583. The minimum absolute atomic E-state index is 0.00583. The van der Waals surface area contributed by atoms with E-state index in [-0.39, 0.29) is 17.8 Å². The average Bonchev–Trinajstić information content (AvgIpc) is 2.63. The van der Waals surface area contributed by atoms with E-state index in [0.717, 1.165) is 24.8 Å². The molecule has 0 aliphatic heterocycles. The molecule has 1 aliphatic carbocycles. The zero-order valence-electron chi connectivity index (χ0n) is 14.4. The smallest absolute Gasteiger partial charge is 0.224 e. The third-order valence-electron chi connectivity index (χ3n) is 4.58. The fourth-order valence-electron chi connectivity index (χ4n) is 3.27. The molecule has 1 unspecified atom stereocenters. The molecule has 0 radical (unpaired) electrons. The molecule has 0 spiro atoms. The van der Waals surface area contributed by atoms with Gasteiger partial charge in [0.05, 0.1) is 12.5 Å². The van der Waals surface area contributed by atoms with Crippen LogP contribution in [-0.4, -0.2) is 24.2 Å². The van der Waals surface area contributed by atoms with E-state index in [9.17, 15) is 9.90 Å². The molecule has 1 amide bonds. The van der Waals surface area contributed by atoms with Crippen molar-refractivity contribution in [2.45, 2.75) is 38.2 Å². The van der Waals surface area contributed by atoms with Gasteiger partial charge in [-0.1, -0.05) is 36.4 Å². The van der Waals surface area contributed by atoms with Gasteiger partial charge in [-0.25, -0.2) is 0 Å². The summed E-state index contributed by atoms with van der Waals surface area (Å²) in [5.74, 6) is 0.208. The van der Waals surface area contributed by atoms with Gasteiger partial charge in [-0.2, -0.15) is 0 Å². The second-order valence-corrected chi connectivity index (χ2v) is 6.50. The van der Waals surface area contributed by atoms with Crippen LogP contribution < -0.4 is 5.32 Å². The van der Waals surface area contributed by atoms with Gasteiger partial charge in [-0.3, -0.25) is 4.79 Å². The Morgan fingerprint density at radius 3 is 2.80 bits per heavy atom. The van der Waals surface area contributed by atoms with Crippen molar-refractivity contribution in [1.82, 2.24) is 5.32 Å². The molecule has 2 N–H and O–H groups in total. The van der Waals surface area contributed by atoms with E-state index in [1.165, 1.54) is 17.5 Å². The lowest BCUT2D eigenvalue weighted by Crippen LogP contribution is -2.27. The lowest BCUT2D eigenvalue weighted by molar-refractivity contribution is -0.120. The Morgan fingerprint density at radius 1 is 1.16 bits per heavy atom. The van der Waals surface area contributed by atoms with Gasteiger partial charge in [0, 0.05) is 13.2 Å². The second kappa shape index (κ2) is 8.67. The normalized spacial score (nSPS) is 16.2. The predicted octanol–water partition coefficient (Wildman–Crippen LogP) is 3.54. The zero-order chi connectivity index (χ0) is 17.5. The zero-order valence-corrected chi connectivity index (χ0v) is 14.4. The minimum Gasteiger partial charge on any atom is -0.508 e. The number of rotatable bonds is 7. The number of fused-ring (bicyclic) bond motifs is 1. The quantitative estimate of drug-likeness (QED) is 0.759. The van der Waals surface area contributed by atoms with Crippen LogP contribution in [0.25, 0.3) is 0 Å². The highest BCUT2D eigenvalue weighted by Gasteiger charge is 2.19. The van der Waals surface area contributed by atoms with E-state index in [1.807, 2.05) is 0 Å². The largest absolute Gasteiger partial charge is 0.508 e. The van der Waals surface area contributed by atoms with Gasteiger partial charge in [0.15, 0.2) is 0 Å². The van der Waals surface area contributed by atoms with Crippen molar-refractivity contribution in [2.24, 2.45) is 0 Å². The molecule has 4 heteroatoms. The Morgan fingerprint density at radius 2 is 1.96 bits per heavy atom. The van der Waals surface area contributed by atoms with Gasteiger partial charge in [0.25, 0.3) is 0 Å². The SMILES string of the molecule is O=C(Cc1ccc(O)cc1)NCCCOC1CCCc2ccccc21. The maximum Gasteiger partial charge on any atom is 0.224 e. The summed E-state index contributed by atoms with van der Waals surface area (Å²) in [6.45, 7) is 1.27. The van der Waals surface area contributed by atoms with Crippen LogP contribution in [0.3, 0.4) is 0 Å². The van der Waals surface area contributed by atoms with Gasteiger partial charge in [0.2, 0.25) is 5.91 Å². The van der Waals surface area contributed by atoms with E-state index in [1.54, 1.807) is 24.3 Å². The van der Waals surface area contributed by atoms with Gasteiger partial charge in [-0.05, 0) is 54.5 Å². The first kappa shape index (κ1) is 17.5. The van der Waals surface area contributed by atoms with Crippen LogP contribution >= 0.6 is 0 Å². The van der Waals surface area contributed by atoms with E-state index in [2.05, 4.69) is 29.6 Å². The summed E-state index contributed by atoms with van der Waals surface area (Å²) in [6.07, 6.45) is 4.72. The summed E-state index contributed by atoms with van der Waals surface area (Å²) >= 11 is 0. The standard InChI is InChI=1S/C21H25NO3/c23-18-11-9-16(10-12-18)15-21(24)22-13-4-14-25-20-8-3-6-17-5-1-2-7-19(17)20/h1-2,5,7,9-12,20,23H,3-4,6,8,13-15H2,(H,22,24). The summed E-state index contributed by atoms with van der Waals surface area (Å²) in [7, 11) is 0. The molecule has 4 nitrogen and oxygen atoms in total. The molecule has 1 atom stereocenters. The third kappa shape index (κ3) is 5.07. The number of amides is 1. The van der Waals surface area contributed by atoms with E-state index in [4.69, 9.17) is 4.74 Å².